The predicted octanol–water partition coefficient (Wildman–Crippen LogP) is 2.68. The number of hydrogen-bond acceptors (Lipinski definition) is 3. The van der Waals surface area contributed by atoms with E-state index in [-0.39, 0.29) is 18.9 Å². The van der Waals surface area contributed by atoms with Crippen LogP contribution in [0.5, 0.6) is 5.75 Å². The lowest BCUT2D eigenvalue weighted by Gasteiger charge is -2.18. The molecule has 1 rings (SSSR count). The Hall–Kier alpha value is -1.75. The molecule has 20 heavy (non-hydrogen) atoms. The number of halogens is 1. The normalized spacial score (nSPS) is 10.2. The van der Waals surface area contributed by atoms with Gasteiger partial charge in [-0.15, -0.1) is 0 Å². The minimum absolute atomic E-state index is 0.103. The van der Waals surface area contributed by atoms with Gasteiger partial charge in [-0.3, -0.25) is 9.59 Å². The van der Waals surface area contributed by atoms with E-state index >= 15 is 0 Å². The van der Waals surface area contributed by atoms with Gasteiger partial charge in [0.1, 0.15) is 5.75 Å². The van der Waals surface area contributed by atoms with Crippen LogP contribution in [0.15, 0.2) is 18.2 Å². The number of hydrogen-bond donors (Lipinski definition) is 1. The molecule has 0 spiro atoms. The highest BCUT2D eigenvalue weighted by Gasteiger charge is 2.18. The molecule has 0 radical (unpaired) electrons. The number of aliphatic carboxylic acids is 1. The summed E-state index contributed by atoms with van der Waals surface area (Å²) in [5.41, 5.74) is 0.346. The van der Waals surface area contributed by atoms with Crippen molar-refractivity contribution in [3.63, 3.8) is 0 Å². The summed E-state index contributed by atoms with van der Waals surface area (Å²) in [5.74, 6) is -0.790. The Bertz CT molecular complexity index is 490. The molecule has 0 aliphatic rings. The standard InChI is InChI=1S/C14H18ClNO4/c1-3-8-20-12-5-4-10(15)9-11(12)14(19)16(2)7-6-13(17)18/h4-5,9H,3,6-8H2,1-2H3,(H,17,18). The molecular weight excluding hydrogens is 282 g/mol. The number of carbonyl (C=O) groups is 2. The summed E-state index contributed by atoms with van der Waals surface area (Å²) in [7, 11) is 1.55. The van der Waals surface area contributed by atoms with Crippen molar-refractivity contribution in [1.82, 2.24) is 4.90 Å². The van der Waals surface area contributed by atoms with Crippen molar-refractivity contribution in [1.29, 1.82) is 0 Å². The molecule has 0 atom stereocenters. The molecule has 1 N–H and O–H groups in total. The molecular formula is C14H18ClNO4. The van der Waals surface area contributed by atoms with E-state index in [1.165, 1.54) is 11.0 Å². The molecule has 6 heteroatoms. The van der Waals surface area contributed by atoms with Crippen molar-refractivity contribution in [2.24, 2.45) is 0 Å². The average molecular weight is 300 g/mol. The van der Waals surface area contributed by atoms with E-state index in [4.69, 9.17) is 21.4 Å². The Kier molecular flexibility index (Phi) is 6.31. The van der Waals surface area contributed by atoms with Gasteiger partial charge in [-0.2, -0.15) is 0 Å². The summed E-state index contributed by atoms with van der Waals surface area (Å²) in [6.07, 6.45) is 0.721. The third-order valence-electron chi connectivity index (χ3n) is 2.64. The smallest absolute Gasteiger partial charge is 0.305 e. The third kappa shape index (κ3) is 4.74. The summed E-state index contributed by atoms with van der Waals surface area (Å²) in [4.78, 5) is 24.2. The van der Waals surface area contributed by atoms with Crippen molar-refractivity contribution in [3.8, 4) is 5.75 Å². The highest BCUT2D eigenvalue weighted by atomic mass is 35.5. The number of amides is 1. The van der Waals surface area contributed by atoms with Gasteiger partial charge in [0.05, 0.1) is 18.6 Å². The zero-order valence-corrected chi connectivity index (χ0v) is 12.3. The van der Waals surface area contributed by atoms with Crippen LogP contribution < -0.4 is 4.74 Å². The molecule has 0 saturated carbocycles. The van der Waals surface area contributed by atoms with E-state index in [0.29, 0.717) is 22.9 Å². The maximum atomic E-state index is 12.3. The van der Waals surface area contributed by atoms with Gasteiger partial charge in [-0.25, -0.2) is 0 Å². The second-order valence-electron chi connectivity index (χ2n) is 4.36. The summed E-state index contributed by atoms with van der Waals surface area (Å²) < 4.78 is 5.52. The van der Waals surface area contributed by atoms with Gasteiger partial charge in [0, 0.05) is 18.6 Å². The summed E-state index contributed by atoms with van der Waals surface area (Å²) >= 11 is 5.91. The molecule has 1 aromatic carbocycles. The number of carboxylic acid groups (broad SMARTS) is 1. The molecule has 1 aromatic rings. The molecule has 0 aromatic heterocycles. The molecule has 110 valence electrons. The van der Waals surface area contributed by atoms with Crippen LogP contribution >= 0.6 is 11.6 Å². The van der Waals surface area contributed by atoms with Gasteiger partial charge >= 0.3 is 5.97 Å². The van der Waals surface area contributed by atoms with Crippen LogP contribution in [0.1, 0.15) is 30.1 Å². The van der Waals surface area contributed by atoms with E-state index in [1.54, 1.807) is 19.2 Å². The Morgan fingerprint density at radius 2 is 2.10 bits per heavy atom. The van der Waals surface area contributed by atoms with E-state index in [1.807, 2.05) is 6.92 Å². The Labute approximate surface area is 123 Å². The highest BCUT2D eigenvalue weighted by molar-refractivity contribution is 6.31. The summed E-state index contributed by atoms with van der Waals surface area (Å²) in [5, 5.41) is 9.08. The van der Waals surface area contributed by atoms with E-state index in [0.717, 1.165) is 6.42 Å². The fraction of sp³-hybridized carbons (Fsp3) is 0.429. The lowest BCUT2D eigenvalue weighted by atomic mass is 10.1. The lowest BCUT2D eigenvalue weighted by molar-refractivity contribution is -0.137. The highest BCUT2D eigenvalue weighted by Crippen LogP contribution is 2.24. The zero-order chi connectivity index (χ0) is 15.1. The number of carbonyl (C=O) groups excluding carboxylic acids is 1. The number of benzene rings is 1. The van der Waals surface area contributed by atoms with E-state index in [9.17, 15) is 9.59 Å². The molecule has 0 aliphatic heterocycles. The fourth-order valence-electron chi connectivity index (χ4n) is 1.58. The van der Waals surface area contributed by atoms with Gasteiger partial charge < -0.3 is 14.7 Å². The minimum Gasteiger partial charge on any atom is -0.493 e. The monoisotopic (exact) mass is 299 g/mol. The van der Waals surface area contributed by atoms with Gasteiger partial charge in [-0.1, -0.05) is 18.5 Å². The van der Waals surface area contributed by atoms with Gasteiger partial charge in [0.15, 0.2) is 0 Å². The first kappa shape index (κ1) is 16.3. The molecule has 0 aliphatic carbocycles. The largest absolute Gasteiger partial charge is 0.493 e. The Morgan fingerprint density at radius 3 is 2.70 bits per heavy atom. The van der Waals surface area contributed by atoms with Crippen LogP contribution in [0.4, 0.5) is 0 Å². The molecule has 1 amide bonds. The first-order chi connectivity index (χ1) is 9.45. The van der Waals surface area contributed by atoms with Crippen molar-refractivity contribution >= 4 is 23.5 Å². The maximum Gasteiger partial charge on any atom is 0.305 e. The van der Waals surface area contributed by atoms with Crippen molar-refractivity contribution < 1.29 is 19.4 Å². The molecule has 0 fully saturated rings. The van der Waals surface area contributed by atoms with Crippen LogP contribution in [0.2, 0.25) is 5.02 Å². The number of nitrogens with zero attached hydrogens (tertiary/aromatic N) is 1. The van der Waals surface area contributed by atoms with Gasteiger partial charge in [0.2, 0.25) is 0 Å². The maximum absolute atomic E-state index is 12.3. The van der Waals surface area contributed by atoms with Gasteiger partial charge in [0.25, 0.3) is 5.91 Å². The quantitative estimate of drug-likeness (QED) is 0.840. The van der Waals surface area contributed by atoms with Crippen molar-refractivity contribution in [2.75, 3.05) is 20.2 Å². The predicted molar refractivity (Wildman–Crippen MR) is 76.5 cm³/mol. The van der Waals surface area contributed by atoms with Crippen LogP contribution in [-0.2, 0) is 4.79 Å². The second kappa shape index (κ2) is 7.75. The van der Waals surface area contributed by atoms with Crippen molar-refractivity contribution in [2.45, 2.75) is 19.8 Å². The molecule has 0 unspecified atom stereocenters. The lowest BCUT2D eigenvalue weighted by Crippen LogP contribution is -2.29. The van der Waals surface area contributed by atoms with Crippen LogP contribution in [0.3, 0.4) is 0 Å². The number of rotatable bonds is 7. The van der Waals surface area contributed by atoms with Crippen LogP contribution in [-0.4, -0.2) is 42.1 Å². The SMILES string of the molecule is CCCOc1ccc(Cl)cc1C(=O)N(C)CCC(=O)O. The Morgan fingerprint density at radius 1 is 1.40 bits per heavy atom. The van der Waals surface area contributed by atoms with Gasteiger partial charge in [-0.05, 0) is 24.6 Å². The fourth-order valence-corrected chi connectivity index (χ4v) is 1.75. The zero-order valence-electron chi connectivity index (χ0n) is 11.6. The summed E-state index contributed by atoms with van der Waals surface area (Å²) in [6, 6.07) is 4.84. The van der Waals surface area contributed by atoms with Crippen molar-refractivity contribution in [3.05, 3.63) is 28.8 Å². The van der Waals surface area contributed by atoms with E-state index < -0.39 is 5.97 Å². The number of ether oxygens (including phenoxy) is 1. The van der Waals surface area contributed by atoms with E-state index in [2.05, 4.69) is 0 Å². The first-order valence-electron chi connectivity index (χ1n) is 6.35. The average Bonchev–Trinajstić information content (AvgIpc) is 2.42. The minimum atomic E-state index is -0.946. The van der Waals surface area contributed by atoms with Crippen LogP contribution in [0.25, 0.3) is 0 Å². The second-order valence-corrected chi connectivity index (χ2v) is 4.80. The molecule has 0 heterocycles. The Balaban J connectivity index is 2.89. The molecule has 5 nitrogen and oxygen atoms in total. The number of carboxylic acids is 1. The summed E-state index contributed by atoms with van der Waals surface area (Å²) in [6.45, 7) is 2.60. The van der Waals surface area contributed by atoms with Crippen LogP contribution in [0, 0.1) is 0 Å². The topological polar surface area (TPSA) is 66.8 Å². The molecule has 0 saturated heterocycles. The first-order valence-corrected chi connectivity index (χ1v) is 6.73. The molecule has 0 bridgehead atoms. The third-order valence-corrected chi connectivity index (χ3v) is 2.88.